The molecule has 0 atom stereocenters. The molecule has 2 nitrogen and oxygen atoms in total. The van der Waals surface area contributed by atoms with Crippen molar-refractivity contribution in [3.63, 3.8) is 0 Å². The van der Waals surface area contributed by atoms with Gasteiger partial charge in [-0.1, -0.05) is 35.8 Å². The minimum absolute atomic E-state index is 0.378. The summed E-state index contributed by atoms with van der Waals surface area (Å²) in [6.07, 6.45) is 0. The van der Waals surface area contributed by atoms with E-state index in [4.69, 9.17) is 16.3 Å². The lowest BCUT2D eigenvalue weighted by Crippen LogP contribution is -1.96. The first-order valence-electron chi connectivity index (χ1n) is 6.09. The molecule has 2 aromatic rings. The quantitative estimate of drug-likeness (QED) is 0.686. The number of hydrogen-bond donors (Lipinski definition) is 0. The summed E-state index contributed by atoms with van der Waals surface area (Å²) in [6.45, 7) is 4.27. The number of aromatic nitrogens is 1. The Hall–Kier alpha value is -1.06. The monoisotopic (exact) mass is 339 g/mol. The predicted octanol–water partition coefficient (Wildman–Crippen LogP) is 5.50. The van der Waals surface area contributed by atoms with E-state index in [2.05, 4.69) is 40.8 Å². The fourth-order valence-electron chi connectivity index (χ4n) is 1.76. The van der Waals surface area contributed by atoms with Gasteiger partial charge >= 0.3 is 0 Å². The number of nitrogens with zero attached hydrogens (tertiary/aromatic N) is 1. The highest BCUT2D eigenvalue weighted by molar-refractivity contribution is 9.10. The van der Waals surface area contributed by atoms with E-state index >= 15 is 0 Å². The lowest BCUT2D eigenvalue weighted by atomic mass is 10.0. The van der Waals surface area contributed by atoms with Crippen LogP contribution in [-0.4, -0.2) is 4.98 Å². The summed E-state index contributed by atoms with van der Waals surface area (Å²) < 4.78 is 6.92. The van der Waals surface area contributed by atoms with Gasteiger partial charge in [-0.25, -0.2) is 4.98 Å². The zero-order chi connectivity index (χ0) is 13.8. The molecule has 0 saturated carbocycles. The van der Waals surface area contributed by atoms with Gasteiger partial charge in [-0.3, -0.25) is 0 Å². The second-order valence-corrected chi connectivity index (χ2v) is 5.72. The van der Waals surface area contributed by atoms with Crippen molar-refractivity contribution in [3.8, 4) is 11.6 Å². The smallest absolute Gasteiger partial charge is 0.219 e. The SMILES string of the molecule is CC(C)c1cc(Br)ccc1Oc1cccc(CCl)n1. The van der Waals surface area contributed by atoms with Gasteiger partial charge in [-0.15, -0.1) is 11.6 Å². The fraction of sp³-hybridized carbons (Fsp3) is 0.267. The molecule has 1 heterocycles. The molecule has 0 aliphatic rings. The van der Waals surface area contributed by atoms with Crippen LogP contribution >= 0.6 is 27.5 Å². The second-order valence-electron chi connectivity index (χ2n) is 4.54. The summed E-state index contributed by atoms with van der Waals surface area (Å²) in [7, 11) is 0. The third-order valence-electron chi connectivity index (χ3n) is 2.73. The lowest BCUT2D eigenvalue weighted by molar-refractivity contribution is 0.453. The summed E-state index contributed by atoms with van der Waals surface area (Å²) in [5.41, 5.74) is 1.95. The maximum absolute atomic E-state index is 5.88. The number of rotatable bonds is 4. The Balaban J connectivity index is 2.32. The van der Waals surface area contributed by atoms with Crippen LogP contribution in [0.15, 0.2) is 40.9 Å². The standard InChI is InChI=1S/C15H15BrClNO/c1-10(2)13-8-11(16)6-7-14(13)19-15-5-3-4-12(9-17)18-15/h3-8,10H,9H2,1-2H3. The van der Waals surface area contributed by atoms with Gasteiger partial charge in [0.1, 0.15) is 5.75 Å². The number of benzene rings is 1. The van der Waals surface area contributed by atoms with E-state index in [0.29, 0.717) is 17.7 Å². The van der Waals surface area contributed by atoms with Crippen molar-refractivity contribution in [1.82, 2.24) is 4.98 Å². The normalized spacial score (nSPS) is 10.8. The van der Waals surface area contributed by atoms with Crippen molar-refractivity contribution in [2.75, 3.05) is 0 Å². The Bertz CT molecular complexity index is 572. The maximum Gasteiger partial charge on any atom is 0.219 e. The number of pyridine rings is 1. The molecule has 0 unspecified atom stereocenters. The van der Waals surface area contributed by atoms with Gasteiger partial charge in [0.05, 0.1) is 11.6 Å². The third-order valence-corrected chi connectivity index (χ3v) is 3.49. The Kier molecular flexibility index (Phi) is 4.83. The Morgan fingerprint density at radius 1 is 1.26 bits per heavy atom. The number of ether oxygens (including phenoxy) is 1. The van der Waals surface area contributed by atoms with E-state index in [1.54, 1.807) is 0 Å². The Labute approximate surface area is 126 Å². The predicted molar refractivity (Wildman–Crippen MR) is 82.1 cm³/mol. The molecule has 0 fully saturated rings. The fourth-order valence-corrected chi connectivity index (χ4v) is 2.29. The van der Waals surface area contributed by atoms with Gasteiger partial charge in [0, 0.05) is 10.5 Å². The molecule has 0 aliphatic heterocycles. The zero-order valence-corrected chi connectivity index (χ0v) is 13.2. The van der Waals surface area contributed by atoms with Crippen molar-refractivity contribution < 1.29 is 4.74 Å². The summed E-state index contributed by atoms with van der Waals surface area (Å²) in [4.78, 5) is 4.34. The van der Waals surface area contributed by atoms with Crippen LogP contribution in [-0.2, 0) is 5.88 Å². The van der Waals surface area contributed by atoms with E-state index < -0.39 is 0 Å². The first-order valence-corrected chi connectivity index (χ1v) is 7.42. The van der Waals surface area contributed by atoms with Crippen LogP contribution in [0.3, 0.4) is 0 Å². The topological polar surface area (TPSA) is 22.1 Å². The van der Waals surface area contributed by atoms with E-state index in [1.165, 1.54) is 0 Å². The van der Waals surface area contributed by atoms with E-state index in [9.17, 15) is 0 Å². The van der Waals surface area contributed by atoms with Gasteiger partial charge in [0.25, 0.3) is 0 Å². The number of halogens is 2. The van der Waals surface area contributed by atoms with Crippen LogP contribution in [0.2, 0.25) is 0 Å². The number of alkyl halides is 1. The van der Waals surface area contributed by atoms with Gasteiger partial charge < -0.3 is 4.74 Å². The van der Waals surface area contributed by atoms with Gasteiger partial charge in [0.15, 0.2) is 0 Å². The average molecular weight is 341 g/mol. The lowest BCUT2D eigenvalue weighted by Gasteiger charge is -2.14. The molecule has 1 aromatic heterocycles. The molecule has 0 radical (unpaired) electrons. The average Bonchev–Trinajstić information content (AvgIpc) is 2.41. The minimum atomic E-state index is 0.378. The Morgan fingerprint density at radius 3 is 2.74 bits per heavy atom. The van der Waals surface area contributed by atoms with Crippen LogP contribution in [0.1, 0.15) is 31.0 Å². The number of hydrogen-bond acceptors (Lipinski definition) is 2. The van der Waals surface area contributed by atoms with Gasteiger partial charge in [-0.2, -0.15) is 0 Å². The molecule has 0 aliphatic carbocycles. The summed E-state index contributed by atoms with van der Waals surface area (Å²) in [5, 5.41) is 0. The highest BCUT2D eigenvalue weighted by Gasteiger charge is 2.10. The molecule has 100 valence electrons. The van der Waals surface area contributed by atoms with Crippen LogP contribution < -0.4 is 4.74 Å². The van der Waals surface area contributed by atoms with E-state index in [-0.39, 0.29) is 0 Å². The van der Waals surface area contributed by atoms with E-state index in [1.807, 2.05) is 30.3 Å². The van der Waals surface area contributed by atoms with Crippen molar-refractivity contribution in [3.05, 3.63) is 52.1 Å². The molecule has 0 spiro atoms. The molecule has 4 heteroatoms. The third kappa shape index (κ3) is 3.71. The summed E-state index contributed by atoms with van der Waals surface area (Å²) in [5.74, 6) is 2.16. The first-order chi connectivity index (χ1) is 9.10. The minimum Gasteiger partial charge on any atom is -0.439 e. The van der Waals surface area contributed by atoms with E-state index in [0.717, 1.165) is 21.5 Å². The molecule has 0 bridgehead atoms. The highest BCUT2D eigenvalue weighted by atomic mass is 79.9. The van der Waals surface area contributed by atoms with Crippen LogP contribution in [0, 0.1) is 0 Å². The van der Waals surface area contributed by atoms with Crippen molar-refractivity contribution in [2.24, 2.45) is 0 Å². The molecule has 2 rings (SSSR count). The molecule has 19 heavy (non-hydrogen) atoms. The summed E-state index contributed by atoms with van der Waals surface area (Å²) in [6, 6.07) is 11.6. The maximum atomic E-state index is 5.88. The van der Waals surface area contributed by atoms with Gasteiger partial charge in [-0.05, 0) is 35.7 Å². The van der Waals surface area contributed by atoms with Crippen LogP contribution in [0.4, 0.5) is 0 Å². The van der Waals surface area contributed by atoms with Crippen LogP contribution in [0.5, 0.6) is 11.6 Å². The largest absolute Gasteiger partial charge is 0.439 e. The molecular formula is C15H15BrClNO. The second kappa shape index (κ2) is 6.40. The summed E-state index contributed by atoms with van der Waals surface area (Å²) >= 11 is 9.26. The van der Waals surface area contributed by atoms with Crippen molar-refractivity contribution in [1.29, 1.82) is 0 Å². The van der Waals surface area contributed by atoms with Crippen molar-refractivity contribution >= 4 is 27.5 Å². The molecular weight excluding hydrogens is 326 g/mol. The Morgan fingerprint density at radius 2 is 2.05 bits per heavy atom. The molecule has 0 N–H and O–H groups in total. The molecule has 0 amide bonds. The van der Waals surface area contributed by atoms with Gasteiger partial charge in [0.2, 0.25) is 5.88 Å². The van der Waals surface area contributed by atoms with Crippen molar-refractivity contribution in [2.45, 2.75) is 25.6 Å². The highest BCUT2D eigenvalue weighted by Crippen LogP contribution is 2.32. The zero-order valence-electron chi connectivity index (χ0n) is 10.9. The molecule has 0 saturated heterocycles. The molecule has 1 aromatic carbocycles. The van der Waals surface area contributed by atoms with Crippen LogP contribution in [0.25, 0.3) is 0 Å². The first kappa shape index (κ1) is 14.4.